The SMILES string of the molecule is C[C@H](NC(=O)[C@H](CC#C[Si](C)(C)C)Cc1ccccc1)c1ccccc1. The van der Waals surface area contributed by atoms with Crippen LogP contribution < -0.4 is 5.32 Å². The van der Waals surface area contributed by atoms with Gasteiger partial charge in [-0.15, -0.1) is 11.5 Å². The Hall–Kier alpha value is -2.31. The van der Waals surface area contributed by atoms with E-state index in [1.54, 1.807) is 0 Å². The molecule has 2 aromatic rings. The second-order valence-corrected chi connectivity index (χ2v) is 12.5. The topological polar surface area (TPSA) is 29.1 Å². The fourth-order valence-electron chi connectivity index (χ4n) is 2.75. The smallest absolute Gasteiger partial charge is 0.224 e. The van der Waals surface area contributed by atoms with Gasteiger partial charge in [-0.2, -0.15) is 0 Å². The molecule has 0 spiro atoms. The van der Waals surface area contributed by atoms with E-state index in [2.05, 4.69) is 48.6 Å². The van der Waals surface area contributed by atoms with Crippen molar-refractivity contribution >= 4 is 14.0 Å². The molecular formula is C23H29NOSi. The number of hydrogen-bond donors (Lipinski definition) is 1. The van der Waals surface area contributed by atoms with Crippen LogP contribution in [0.3, 0.4) is 0 Å². The van der Waals surface area contributed by atoms with Crippen molar-refractivity contribution in [3.05, 3.63) is 71.8 Å². The molecule has 0 saturated carbocycles. The van der Waals surface area contributed by atoms with E-state index in [4.69, 9.17) is 0 Å². The van der Waals surface area contributed by atoms with Gasteiger partial charge in [-0.05, 0) is 24.5 Å². The largest absolute Gasteiger partial charge is 0.349 e. The third-order valence-corrected chi connectivity index (χ3v) is 5.09. The van der Waals surface area contributed by atoms with Gasteiger partial charge in [0.05, 0.1) is 12.0 Å². The van der Waals surface area contributed by atoms with E-state index in [0.717, 1.165) is 5.56 Å². The zero-order valence-corrected chi connectivity index (χ0v) is 17.3. The lowest BCUT2D eigenvalue weighted by Gasteiger charge is -2.19. The number of carbonyl (C=O) groups is 1. The number of carbonyl (C=O) groups excluding carboxylic acids is 1. The number of amides is 1. The van der Waals surface area contributed by atoms with Crippen LogP contribution in [0.2, 0.25) is 19.6 Å². The first-order valence-electron chi connectivity index (χ1n) is 9.24. The molecule has 2 rings (SSSR count). The van der Waals surface area contributed by atoms with Crippen LogP contribution in [0.5, 0.6) is 0 Å². The summed E-state index contributed by atoms with van der Waals surface area (Å²) in [5.74, 6) is 3.24. The molecule has 0 heterocycles. The standard InChI is InChI=1S/C23H29NOSi/c1-19(21-14-9-6-10-15-21)24-23(25)22(16-11-17-26(2,3)4)18-20-12-7-5-8-13-20/h5-10,12-15,19,22H,16,18H2,1-4H3,(H,24,25)/t19-,22+/m0/s1. The normalized spacial score (nSPS) is 13.2. The number of hydrogen-bond acceptors (Lipinski definition) is 1. The Balaban J connectivity index is 2.10. The van der Waals surface area contributed by atoms with Crippen molar-refractivity contribution < 1.29 is 4.79 Å². The van der Waals surface area contributed by atoms with Crippen molar-refractivity contribution in [2.75, 3.05) is 0 Å². The van der Waals surface area contributed by atoms with Gasteiger partial charge in [0.1, 0.15) is 8.07 Å². The summed E-state index contributed by atoms with van der Waals surface area (Å²) in [6.45, 7) is 8.71. The lowest BCUT2D eigenvalue weighted by Crippen LogP contribution is -2.34. The van der Waals surface area contributed by atoms with Gasteiger partial charge < -0.3 is 5.32 Å². The van der Waals surface area contributed by atoms with Gasteiger partial charge in [0.15, 0.2) is 0 Å². The van der Waals surface area contributed by atoms with E-state index in [1.165, 1.54) is 5.56 Å². The van der Waals surface area contributed by atoms with Crippen molar-refractivity contribution in [3.63, 3.8) is 0 Å². The Morgan fingerprint density at radius 3 is 2.15 bits per heavy atom. The number of rotatable bonds is 6. The van der Waals surface area contributed by atoms with Crippen LogP contribution >= 0.6 is 0 Å². The highest BCUT2D eigenvalue weighted by Crippen LogP contribution is 2.16. The van der Waals surface area contributed by atoms with Crippen LogP contribution in [0.25, 0.3) is 0 Å². The molecule has 0 unspecified atom stereocenters. The monoisotopic (exact) mass is 363 g/mol. The van der Waals surface area contributed by atoms with Gasteiger partial charge in [-0.1, -0.05) is 80.3 Å². The molecule has 0 fully saturated rings. The molecule has 2 nitrogen and oxygen atoms in total. The van der Waals surface area contributed by atoms with Gasteiger partial charge in [0, 0.05) is 6.42 Å². The summed E-state index contributed by atoms with van der Waals surface area (Å²) in [7, 11) is -1.43. The van der Waals surface area contributed by atoms with E-state index in [1.807, 2.05) is 55.5 Å². The molecule has 3 heteroatoms. The van der Waals surface area contributed by atoms with Gasteiger partial charge in [-0.3, -0.25) is 4.79 Å². The van der Waals surface area contributed by atoms with Crippen molar-refractivity contribution in [2.45, 2.75) is 45.4 Å². The predicted octanol–water partition coefficient (Wildman–Crippen LogP) is 4.99. The fourth-order valence-corrected chi connectivity index (χ4v) is 3.38. The van der Waals surface area contributed by atoms with E-state index in [0.29, 0.717) is 12.8 Å². The van der Waals surface area contributed by atoms with Crippen molar-refractivity contribution in [1.29, 1.82) is 0 Å². The molecule has 0 saturated heterocycles. The lowest BCUT2D eigenvalue weighted by molar-refractivity contribution is -0.125. The van der Waals surface area contributed by atoms with Crippen molar-refractivity contribution in [2.24, 2.45) is 5.92 Å². The molecule has 0 aromatic heterocycles. The quantitative estimate of drug-likeness (QED) is 0.568. The van der Waals surface area contributed by atoms with Gasteiger partial charge >= 0.3 is 0 Å². The minimum absolute atomic E-state index is 0.00748. The van der Waals surface area contributed by atoms with Crippen LogP contribution in [-0.2, 0) is 11.2 Å². The number of nitrogens with one attached hydrogen (secondary N) is 1. The molecule has 0 bridgehead atoms. The maximum atomic E-state index is 12.9. The summed E-state index contributed by atoms with van der Waals surface area (Å²) in [5.41, 5.74) is 5.68. The second-order valence-electron chi connectivity index (χ2n) is 7.78. The van der Waals surface area contributed by atoms with E-state index in [-0.39, 0.29) is 17.9 Å². The lowest BCUT2D eigenvalue weighted by atomic mass is 9.95. The summed E-state index contributed by atoms with van der Waals surface area (Å²) in [5, 5.41) is 3.17. The highest BCUT2D eigenvalue weighted by atomic mass is 28.3. The van der Waals surface area contributed by atoms with Crippen LogP contribution in [0.4, 0.5) is 0 Å². The molecule has 0 radical (unpaired) electrons. The van der Waals surface area contributed by atoms with Gasteiger partial charge in [0.25, 0.3) is 0 Å². The molecule has 0 aliphatic rings. The zero-order valence-electron chi connectivity index (χ0n) is 16.3. The Bertz CT molecular complexity index is 754. The Kier molecular flexibility index (Phi) is 7.23. The molecule has 1 amide bonds. The third kappa shape index (κ3) is 6.90. The fraction of sp³-hybridized carbons (Fsp3) is 0.348. The Morgan fingerprint density at radius 1 is 1.00 bits per heavy atom. The van der Waals surface area contributed by atoms with E-state index >= 15 is 0 Å². The average Bonchev–Trinajstić information content (AvgIpc) is 2.61. The van der Waals surface area contributed by atoms with Crippen LogP contribution in [-0.4, -0.2) is 14.0 Å². The van der Waals surface area contributed by atoms with Gasteiger partial charge in [0.2, 0.25) is 5.91 Å². The second kappa shape index (κ2) is 9.40. The third-order valence-electron chi connectivity index (χ3n) is 4.17. The minimum Gasteiger partial charge on any atom is -0.349 e. The molecule has 0 aliphatic heterocycles. The molecule has 1 N–H and O–H groups in total. The summed E-state index contributed by atoms with van der Waals surface area (Å²) in [4.78, 5) is 12.9. The zero-order chi connectivity index (χ0) is 19.0. The number of benzene rings is 2. The molecule has 2 aromatic carbocycles. The predicted molar refractivity (Wildman–Crippen MR) is 112 cm³/mol. The summed E-state index contributed by atoms with van der Waals surface area (Å²) in [6, 6.07) is 20.3. The average molecular weight is 364 g/mol. The molecule has 2 atom stereocenters. The van der Waals surface area contributed by atoms with Crippen LogP contribution in [0.1, 0.15) is 30.5 Å². The first kappa shape index (κ1) is 20.0. The molecule has 26 heavy (non-hydrogen) atoms. The summed E-state index contributed by atoms with van der Waals surface area (Å²) in [6.07, 6.45) is 1.32. The van der Waals surface area contributed by atoms with Gasteiger partial charge in [-0.25, -0.2) is 0 Å². The van der Waals surface area contributed by atoms with Crippen molar-refractivity contribution in [1.82, 2.24) is 5.32 Å². The van der Waals surface area contributed by atoms with Crippen LogP contribution in [0, 0.1) is 17.4 Å². The summed E-state index contributed by atoms with van der Waals surface area (Å²) >= 11 is 0. The maximum Gasteiger partial charge on any atom is 0.224 e. The molecule has 0 aliphatic carbocycles. The van der Waals surface area contributed by atoms with E-state index < -0.39 is 8.07 Å². The van der Waals surface area contributed by atoms with E-state index in [9.17, 15) is 4.79 Å². The highest BCUT2D eigenvalue weighted by molar-refractivity contribution is 6.83. The Morgan fingerprint density at radius 2 is 1.58 bits per heavy atom. The minimum atomic E-state index is -1.43. The molecule has 136 valence electrons. The Labute approximate surface area is 159 Å². The summed E-state index contributed by atoms with van der Waals surface area (Å²) < 4.78 is 0. The maximum absolute atomic E-state index is 12.9. The van der Waals surface area contributed by atoms with Crippen LogP contribution in [0.15, 0.2) is 60.7 Å². The van der Waals surface area contributed by atoms with Crippen molar-refractivity contribution in [3.8, 4) is 11.5 Å². The first-order valence-corrected chi connectivity index (χ1v) is 12.7. The first-order chi connectivity index (χ1) is 12.3. The highest BCUT2D eigenvalue weighted by Gasteiger charge is 2.20. The molecular weight excluding hydrogens is 334 g/mol.